The first kappa shape index (κ1) is 23.5. The van der Waals surface area contributed by atoms with Crippen LogP contribution in [0, 0.1) is 5.82 Å². The van der Waals surface area contributed by atoms with E-state index in [0.29, 0.717) is 11.3 Å². The number of aromatic nitrogens is 1. The first-order valence-corrected chi connectivity index (χ1v) is 12.7. The first-order chi connectivity index (χ1) is 16.4. The zero-order valence-corrected chi connectivity index (χ0v) is 19.4. The maximum absolute atomic E-state index is 13.8. The Labute approximate surface area is 201 Å². The van der Waals surface area contributed by atoms with Gasteiger partial charge >= 0.3 is 0 Å². The van der Waals surface area contributed by atoms with Crippen molar-refractivity contribution in [1.29, 1.82) is 0 Å². The Morgan fingerprint density at radius 2 is 1.65 bits per heavy atom. The van der Waals surface area contributed by atoms with Gasteiger partial charge in [0.25, 0.3) is 15.9 Å². The van der Waals surface area contributed by atoms with Crippen molar-refractivity contribution in [2.24, 2.45) is 0 Å². The van der Waals surface area contributed by atoms with Crippen LogP contribution in [0.4, 0.5) is 15.8 Å². The topological polar surface area (TPSA) is 88.2 Å². The summed E-state index contributed by atoms with van der Waals surface area (Å²) in [4.78, 5) is 17.6. The van der Waals surface area contributed by atoms with E-state index in [9.17, 15) is 17.6 Å². The molecular formula is C25H20FN3O3S2. The Balaban J connectivity index is 1.36. The fourth-order valence-corrected chi connectivity index (χ4v) is 4.92. The highest BCUT2D eigenvalue weighted by Crippen LogP contribution is 2.24. The van der Waals surface area contributed by atoms with E-state index in [1.54, 1.807) is 30.1 Å². The third-order valence-corrected chi connectivity index (χ3v) is 7.25. The fourth-order valence-electron chi connectivity index (χ4n) is 3.02. The molecule has 0 atom stereocenters. The molecule has 2 N–H and O–H groups in total. The lowest BCUT2D eigenvalue weighted by molar-refractivity contribution is 0.102. The summed E-state index contributed by atoms with van der Waals surface area (Å²) in [5, 5.41) is 2.79. The number of rotatable bonds is 8. The van der Waals surface area contributed by atoms with Crippen LogP contribution in [-0.2, 0) is 15.8 Å². The quantitative estimate of drug-likeness (QED) is 0.314. The highest BCUT2D eigenvalue weighted by atomic mass is 32.2. The van der Waals surface area contributed by atoms with Crippen molar-refractivity contribution in [3.8, 4) is 0 Å². The predicted molar refractivity (Wildman–Crippen MR) is 132 cm³/mol. The zero-order valence-electron chi connectivity index (χ0n) is 17.8. The Kier molecular flexibility index (Phi) is 7.24. The Bertz CT molecular complexity index is 1380. The van der Waals surface area contributed by atoms with E-state index >= 15 is 0 Å². The highest BCUT2D eigenvalue weighted by molar-refractivity contribution is 7.98. The summed E-state index contributed by atoms with van der Waals surface area (Å²) < 4.78 is 41.0. The third kappa shape index (κ3) is 6.00. The van der Waals surface area contributed by atoms with Crippen LogP contribution in [0.15, 0.2) is 107 Å². The van der Waals surface area contributed by atoms with Crippen molar-refractivity contribution < 1.29 is 17.6 Å². The number of amides is 1. The smallest absolute Gasteiger partial charge is 0.261 e. The number of nitrogens with zero attached hydrogens (tertiary/aromatic N) is 1. The third-order valence-electron chi connectivity index (χ3n) is 4.79. The van der Waals surface area contributed by atoms with E-state index in [0.717, 1.165) is 22.3 Å². The number of hydrogen-bond donors (Lipinski definition) is 2. The molecule has 9 heteroatoms. The number of carbonyl (C=O) groups excluding carboxylic acids is 1. The van der Waals surface area contributed by atoms with Gasteiger partial charge < -0.3 is 5.32 Å². The van der Waals surface area contributed by atoms with Gasteiger partial charge in [-0.05, 0) is 72.3 Å². The first-order valence-electron chi connectivity index (χ1n) is 10.2. The number of pyridine rings is 1. The van der Waals surface area contributed by atoms with Crippen LogP contribution in [0.25, 0.3) is 0 Å². The van der Waals surface area contributed by atoms with E-state index in [-0.39, 0.29) is 16.5 Å². The van der Waals surface area contributed by atoms with Gasteiger partial charge in [-0.25, -0.2) is 12.8 Å². The summed E-state index contributed by atoms with van der Waals surface area (Å²) in [5.41, 5.74) is 1.89. The maximum atomic E-state index is 13.8. The summed E-state index contributed by atoms with van der Waals surface area (Å²) in [7, 11) is -4.00. The van der Waals surface area contributed by atoms with Gasteiger partial charge in [-0.15, -0.1) is 11.8 Å². The number of hydrogen-bond acceptors (Lipinski definition) is 5. The standard InChI is InChI=1S/C25H20FN3O3S2/c26-23-5-1-2-6-24(23)29-34(31,32)22-13-7-19(8-14-22)25(30)28-20-9-11-21(12-10-20)33-17-18-4-3-15-27-16-18/h1-16,29H,17H2,(H,28,30). The molecule has 0 aliphatic carbocycles. The Morgan fingerprint density at radius 1 is 0.912 bits per heavy atom. The second kappa shape index (κ2) is 10.5. The molecule has 0 radical (unpaired) electrons. The van der Waals surface area contributed by atoms with Crippen LogP contribution < -0.4 is 10.0 Å². The monoisotopic (exact) mass is 493 g/mol. The molecule has 0 aliphatic heterocycles. The fraction of sp³-hybridized carbons (Fsp3) is 0.0400. The molecule has 1 amide bonds. The molecule has 1 heterocycles. The summed E-state index contributed by atoms with van der Waals surface area (Å²) >= 11 is 1.66. The summed E-state index contributed by atoms with van der Waals surface area (Å²) in [6.45, 7) is 0. The van der Waals surface area contributed by atoms with Crippen molar-refractivity contribution in [2.75, 3.05) is 10.0 Å². The van der Waals surface area contributed by atoms with E-state index in [1.165, 1.54) is 42.5 Å². The number of sulfonamides is 1. The molecule has 0 bridgehead atoms. The molecule has 0 unspecified atom stereocenters. The molecular weight excluding hydrogens is 473 g/mol. The average molecular weight is 494 g/mol. The predicted octanol–water partition coefficient (Wildman–Crippen LogP) is 5.57. The SMILES string of the molecule is O=C(Nc1ccc(SCc2cccnc2)cc1)c1ccc(S(=O)(=O)Nc2ccccc2F)cc1. The Morgan fingerprint density at radius 3 is 2.32 bits per heavy atom. The van der Waals surface area contributed by atoms with Gasteiger partial charge in [-0.1, -0.05) is 18.2 Å². The lowest BCUT2D eigenvalue weighted by atomic mass is 10.2. The lowest BCUT2D eigenvalue weighted by Gasteiger charge is -2.10. The number of benzene rings is 3. The normalized spacial score (nSPS) is 11.1. The molecule has 3 aromatic carbocycles. The summed E-state index contributed by atoms with van der Waals surface area (Å²) in [6.07, 6.45) is 3.56. The van der Waals surface area contributed by atoms with Crippen LogP contribution in [0.2, 0.25) is 0 Å². The number of para-hydroxylation sites is 1. The summed E-state index contributed by atoms with van der Waals surface area (Å²) in [6, 6.07) is 22.3. The molecule has 0 saturated heterocycles. The molecule has 0 saturated carbocycles. The van der Waals surface area contributed by atoms with Crippen molar-refractivity contribution in [3.63, 3.8) is 0 Å². The second-order valence-electron chi connectivity index (χ2n) is 7.24. The number of carbonyl (C=O) groups is 1. The highest BCUT2D eigenvalue weighted by Gasteiger charge is 2.17. The van der Waals surface area contributed by atoms with Gasteiger partial charge in [-0.2, -0.15) is 0 Å². The van der Waals surface area contributed by atoms with Gasteiger partial charge in [0.15, 0.2) is 0 Å². The van der Waals surface area contributed by atoms with Crippen LogP contribution >= 0.6 is 11.8 Å². The minimum atomic E-state index is -4.00. The van der Waals surface area contributed by atoms with Crippen LogP contribution in [0.1, 0.15) is 15.9 Å². The number of halogens is 1. The Hall–Kier alpha value is -3.69. The van der Waals surface area contributed by atoms with Crippen LogP contribution in [-0.4, -0.2) is 19.3 Å². The molecule has 6 nitrogen and oxygen atoms in total. The van der Waals surface area contributed by atoms with Crippen LogP contribution in [0.5, 0.6) is 0 Å². The minimum absolute atomic E-state index is 0.0812. The largest absolute Gasteiger partial charge is 0.322 e. The molecule has 4 rings (SSSR count). The van der Waals surface area contributed by atoms with Gasteiger partial charge in [0.2, 0.25) is 0 Å². The van der Waals surface area contributed by atoms with Crippen molar-refractivity contribution in [1.82, 2.24) is 4.98 Å². The van der Waals surface area contributed by atoms with Gasteiger partial charge in [0, 0.05) is 34.3 Å². The van der Waals surface area contributed by atoms with E-state index in [2.05, 4.69) is 15.0 Å². The molecule has 4 aromatic rings. The second-order valence-corrected chi connectivity index (χ2v) is 9.97. The molecule has 0 spiro atoms. The van der Waals surface area contributed by atoms with Crippen molar-refractivity contribution >= 4 is 39.1 Å². The van der Waals surface area contributed by atoms with Gasteiger partial charge in [-0.3, -0.25) is 14.5 Å². The number of thioether (sulfide) groups is 1. The van der Waals surface area contributed by atoms with E-state index in [1.807, 2.05) is 30.5 Å². The molecule has 1 aromatic heterocycles. The van der Waals surface area contributed by atoms with Crippen molar-refractivity contribution in [2.45, 2.75) is 15.5 Å². The van der Waals surface area contributed by atoms with E-state index in [4.69, 9.17) is 0 Å². The van der Waals surface area contributed by atoms with Crippen LogP contribution in [0.3, 0.4) is 0 Å². The van der Waals surface area contributed by atoms with Gasteiger partial charge in [0.05, 0.1) is 10.6 Å². The lowest BCUT2D eigenvalue weighted by Crippen LogP contribution is -2.15. The van der Waals surface area contributed by atoms with Crippen molar-refractivity contribution in [3.05, 3.63) is 114 Å². The average Bonchev–Trinajstić information content (AvgIpc) is 2.86. The molecule has 172 valence electrons. The zero-order chi connectivity index (χ0) is 24.0. The summed E-state index contributed by atoms with van der Waals surface area (Å²) in [5.74, 6) is -0.258. The molecule has 0 aliphatic rings. The maximum Gasteiger partial charge on any atom is 0.261 e. The number of nitrogens with one attached hydrogen (secondary N) is 2. The molecule has 34 heavy (non-hydrogen) atoms. The minimum Gasteiger partial charge on any atom is -0.322 e. The van der Waals surface area contributed by atoms with Gasteiger partial charge in [0.1, 0.15) is 5.82 Å². The molecule has 0 fully saturated rings. The number of anilines is 2. The van der Waals surface area contributed by atoms with E-state index < -0.39 is 15.8 Å².